The molecule has 0 aromatic heterocycles. The number of hydrogen-bond donors (Lipinski definition) is 1. The summed E-state index contributed by atoms with van der Waals surface area (Å²) in [6, 6.07) is 12.6. The van der Waals surface area contributed by atoms with Crippen LogP contribution in [0.15, 0.2) is 42.5 Å². The Morgan fingerprint density at radius 3 is 2.55 bits per heavy atom. The molecule has 3 rings (SSSR count). The Labute approximate surface area is 176 Å². The van der Waals surface area contributed by atoms with Crippen LogP contribution in [0.1, 0.15) is 31.9 Å². The molecule has 29 heavy (non-hydrogen) atoms. The third-order valence-electron chi connectivity index (χ3n) is 4.80. The van der Waals surface area contributed by atoms with Gasteiger partial charge in [-0.3, -0.25) is 9.10 Å². The van der Waals surface area contributed by atoms with Crippen LogP contribution in [0.4, 0.5) is 5.69 Å². The highest BCUT2D eigenvalue weighted by Crippen LogP contribution is 2.38. The van der Waals surface area contributed by atoms with Crippen LogP contribution in [0.5, 0.6) is 5.75 Å². The summed E-state index contributed by atoms with van der Waals surface area (Å²) in [5.41, 5.74) is 2.06. The molecule has 0 spiro atoms. The summed E-state index contributed by atoms with van der Waals surface area (Å²) in [4.78, 5) is 12.7. The molecule has 0 aliphatic carbocycles. The lowest BCUT2D eigenvalue weighted by molar-refractivity contribution is -0.127. The van der Waals surface area contributed by atoms with E-state index in [2.05, 4.69) is 5.32 Å². The SMILES string of the molecule is CC(C)(C)c1ccc2c(c1)N(S(C)(=O)=O)C[C@@H](C(=O)NCc1ccccc1Cl)O2. The van der Waals surface area contributed by atoms with Gasteiger partial charge in [0.2, 0.25) is 10.0 Å². The van der Waals surface area contributed by atoms with Crippen molar-refractivity contribution in [3.05, 3.63) is 58.6 Å². The zero-order valence-electron chi connectivity index (χ0n) is 16.9. The second-order valence-electron chi connectivity index (χ2n) is 8.14. The molecule has 0 radical (unpaired) electrons. The number of fused-ring (bicyclic) bond motifs is 1. The highest BCUT2D eigenvalue weighted by molar-refractivity contribution is 7.92. The Morgan fingerprint density at radius 1 is 1.24 bits per heavy atom. The number of rotatable bonds is 4. The molecule has 6 nitrogen and oxygen atoms in total. The van der Waals surface area contributed by atoms with Gasteiger partial charge in [0.25, 0.3) is 5.91 Å². The second kappa shape index (κ2) is 7.88. The van der Waals surface area contributed by atoms with E-state index in [1.54, 1.807) is 12.1 Å². The lowest BCUT2D eigenvalue weighted by Gasteiger charge is -2.35. The van der Waals surface area contributed by atoms with E-state index in [0.717, 1.165) is 17.4 Å². The number of amides is 1. The average molecular weight is 437 g/mol. The van der Waals surface area contributed by atoms with Crippen LogP contribution in [-0.4, -0.2) is 33.2 Å². The fraction of sp³-hybridized carbons (Fsp3) is 0.381. The normalized spacial score (nSPS) is 16.7. The molecule has 1 heterocycles. The van der Waals surface area contributed by atoms with Crippen molar-refractivity contribution in [1.82, 2.24) is 5.32 Å². The molecule has 0 fully saturated rings. The number of carbonyl (C=O) groups excluding carboxylic acids is 1. The first-order valence-electron chi connectivity index (χ1n) is 9.27. The van der Waals surface area contributed by atoms with E-state index in [4.69, 9.17) is 16.3 Å². The Hall–Kier alpha value is -2.25. The van der Waals surface area contributed by atoms with Gasteiger partial charge in [-0.05, 0) is 34.7 Å². The van der Waals surface area contributed by atoms with Gasteiger partial charge in [-0.15, -0.1) is 0 Å². The van der Waals surface area contributed by atoms with E-state index in [1.165, 1.54) is 4.31 Å². The molecule has 8 heteroatoms. The molecule has 1 atom stereocenters. The van der Waals surface area contributed by atoms with E-state index in [0.29, 0.717) is 16.5 Å². The van der Waals surface area contributed by atoms with Crippen LogP contribution in [0.25, 0.3) is 0 Å². The van der Waals surface area contributed by atoms with Crippen LogP contribution in [0.3, 0.4) is 0 Å². The molecule has 0 saturated carbocycles. The molecule has 2 aromatic carbocycles. The van der Waals surface area contributed by atoms with E-state index in [9.17, 15) is 13.2 Å². The van der Waals surface area contributed by atoms with Crippen LogP contribution in [-0.2, 0) is 26.8 Å². The van der Waals surface area contributed by atoms with Crippen LogP contribution >= 0.6 is 11.6 Å². The van der Waals surface area contributed by atoms with Crippen molar-refractivity contribution in [3.63, 3.8) is 0 Å². The third-order valence-corrected chi connectivity index (χ3v) is 6.31. The van der Waals surface area contributed by atoms with Crippen molar-refractivity contribution in [2.75, 3.05) is 17.1 Å². The number of nitrogens with one attached hydrogen (secondary N) is 1. The molecule has 0 unspecified atom stereocenters. The van der Waals surface area contributed by atoms with Gasteiger partial charge < -0.3 is 10.1 Å². The van der Waals surface area contributed by atoms with Crippen LogP contribution in [0.2, 0.25) is 5.02 Å². The second-order valence-corrected chi connectivity index (χ2v) is 10.5. The largest absolute Gasteiger partial charge is 0.476 e. The van der Waals surface area contributed by atoms with Crippen molar-refractivity contribution in [1.29, 1.82) is 0 Å². The number of carbonyl (C=O) groups is 1. The predicted octanol–water partition coefficient (Wildman–Crippen LogP) is 3.48. The smallest absolute Gasteiger partial charge is 0.263 e. The van der Waals surface area contributed by atoms with Crippen molar-refractivity contribution < 1.29 is 17.9 Å². The summed E-state index contributed by atoms with van der Waals surface area (Å²) in [6.45, 7) is 6.29. The molecule has 1 aliphatic rings. The zero-order chi connectivity index (χ0) is 21.4. The quantitative estimate of drug-likeness (QED) is 0.796. The van der Waals surface area contributed by atoms with Gasteiger partial charge in [-0.2, -0.15) is 0 Å². The molecule has 156 valence electrons. The van der Waals surface area contributed by atoms with Gasteiger partial charge in [0.15, 0.2) is 6.10 Å². The lowest BCUT2D eigenvalue weighted by Crippen LogP contribution is -2.50. The van der Waals surface area contributed by atoms with Crippen molar-refractivity contribution in [2.45, 2.75) is 38.8 Å². The van der Waals surface area contributed by atoms with Crippen LogP contribution in [0, 0.1) is 0 Å². The van der Waals surface area contributed by atoms with Gasteiger partial charge in [0, 0.05) is 11.6 Å². The summed E-state index contributed by atoms with van der Waals surface area (Å²) in [5.74, 6) is -0.0308. The number of anilines is 1. The lowest BCUT2D eigenvalue weighted by atomic mass is 9.86. The Balaban J connectivity index is 1.85. The van der Waals surface area contributed by atoms with Gasteiger partial charge in [0.1, 0.15) is 5.75 Å². The Kier molecular flexibility index (Phi) is 5.83. The Morgan fingerprint density at radius 2 is 1.93 bits per heavy atom. The molecule has 0 saturated heterocycles. The van der Waals surface area contributed by atoms with Gasteiger partial charge in [-0.25, -0.2) is 8.42 Å². The van der Waals surface area contributed by atoms with E-state index < -0.39 is 22.0 Å². The summed E-state index contributed by atoms with van der Waals surface area (Å²) >= 11 is 6.12. The topological polar surface area (TPSA) is 75.7 Å². The van der Waals surface area contributed by atoms with E-state index in [-0.39, 0.29) is 18.5 Å². The highest BCUT2D eigenvalue weighted by atomic mass is 35.5. The fourth-order valence-corrected chi connectivity index (χ4v) is 4.22. The first kappa shape index (κ1) is 21.5. The van der Waals surface area contributed by atoms with E-state index >= 15 is 0 Å². The maximum Gasteiger partial charge on any atom is 0.263 e. The number of benzene rings is 2. The minimum atomic E-state index is -3.59. The summed E-state index contributed by atoms with van der Waals surface area (Å²) in [6.07, 6.45) is 0.171. The Bertz CT molecular complexity index is 1030. The summed E-state index contributed by atoms with van der Waals surface area (Å²) in [5, 5.41) is 3.33. The maximum absolute atomic E-state index is 12.7. The van der Waals surface area contributed by atoms with Gasteiger partial charge in [-0.1, -0.05) is 56.6 Å². The number of nitrogens with zero attached hydrogens (tertiary/aromatic N) is 1. The first-order chi connectivity index (χ1) is 13.5. The summed E-state index contributed by atoms with van der Waals surface area (Å²) < 4.78 is 31.9. The molecule has 2 aromatic rings. The third kappa shape index (κ3) is 4.85. The van der Waals surface area contributed by atoms with Crippen molar-refractivity contribution in [3.8, 4) is 5.75 Å². The zero-order valence-corrected chi connectivity index (χ0v) is 18.5. The first-order valence-corrected chi connectivity index (χ1v) is 11.5. The van der Waals surface area contributed by atoms with E-state index in [1.807, 2.05) is 51.1 Å². The highest BCUT2D eigenvalue weighted by Gasteiger charge is 2.35. The molecule has 1 amide bonds. The van der Waals surface area contributed by atoms with Gasteiger partial charge in [0.05, 0.1) is 18.5 Å². The molecule has 0 bridgehead atoms. The number of sulfonamides is 1. The molecular weight excluding hydrogens is 412 g/mol. The van der Waals surface area contributed by atoms with Crippen molar-refractivity contribution in [2.24, 2.45) is 0 Å². The minimum Gasteiger partial charge on any atom is -0.476 e. The molecule has 1 N–H and O–H groups in total. The van der Waals surface area contributed by atoms with Crippen molar-refractivity contribution >= 4 is 33.2 Å². The minimum absolute atomic E-state index is 0.0895. The fourth-order valence-electron chi connectivity index (χ4n) is 3.11. The number of ether oxygens (including phenoxy) is 1. The number of hydrogen-bond acceptors (Lipinski definition) is 4. The summed E-state index contributed by atoms with van der Waals surface area (Å²) in [7, 11) is -3.59. The predicted molar refractivity (Wildman–Crippen MR) is 115 cm³/mol. The average Bonchev–Trinajstić information content (AvgIpc) is 2.64. The monoisotopic (exact) mass is 436 g/mol. The maximum atomic E-state index is 12.7. The molecular formula is C21H25ClN2O4S. The molecule has 1 aliphatic heterocycles. The standard InChI is InChI=1S/C21H25ClN2O4S/c1-21(2,3)15-9-10-18-17(11-15)24(29(4,26)27)13-19(28-18)20(25)23-12-14-7-5-6-8-16(14)22/h5-11,19H,12-13H2,1-4H3,(H,23,25)/t19-/m0/s1. The number of halogens is 1. The van der Waals surface area contributed by atoms with Crippen LogP contribution < -0.4 is 14.4 Å². The van der Waals surface area contributed by atoms with Gasteiger partial charge >= 0.3 is 0 Å².